The van der Waals surface area contributed by atoms with Gasteiger partial charge in [-0.15, -0.1) is 11.6 Å². The molecule has 0 spiro atoms. The Hall–Kier alpha value is -0.0800. The molecular weight excluding hydrogens is 176 g/mol. The Labute approximate surface area is 77.9 Å². The van der Waals surface area contributed by atoms with E-state index in [1.165, 1.54) is 0 Å². The summed E-state index contributed by atoms with van der Waals surface area (Å²) in [5.74, 6) is 0.0827. The van der Waals surface area contributed by atoms with Gasteiger partial charge in [0.25, 0.3) is 0 Å². The molecule has 0 aromatic heterocycles. The van der Waals surface area contributed by atoms with E-state index < -0.39 is 5.60 Å². The van der Waals surface area contributed by atoms with Crippen LogP contribution in [0.5, 0.6) is 0 Å². The summed E-state index contributed by atoms with van der Waals surface area (Å²) in [6, 6.07) is 0. The highest BCUT2D eigenvalue weighted by Crippen LogP contribution is 2.30. The van der Waals surface area contributed by atoms with Crippen LogP contribution in [-0.4, -0.2) is 22.4 Å². The van der Waals surface area contributed by atoms with E-state index in [0.717, 1.165) is 19.3 Å². The van der Waals surface area contributed by atoms with Crippen molar-refractivity contribution in [1.82, 2.24) is 0 Å². The lowest BCUT2D eigenvalue weighted by molar-refractivity contribution is -0.132. The molecular formula is C9H15ClO2. The van der Waals surface area contributed by atoms with Gasteiger partial charge in [-0.05, 0) is 19.8 Å². The number of rotatable bonds is 2. The van der Waals surface area contributed by atoms with Crippen LogP contribution in [0.2, 0.25) is 0 Å². The summed E-state index contributed by atoms with van der Waals surface area (Å²) in [5.41, 5.74) is -1.00. The van der Waals surface area contributed by atoms with Crippen molar-refractivity contribution in [1.29, 1.82) is 0 Å². The number of hydrogen-bond acceptors (Lipinski definition) is 2. The molecule has 1 rings (SSSR count). The van der Waals surface area contributed by atoms with Crippen molar-refractivity contribution < 1.29 is 9.90 Å². The summed E-state index contributed by atoms with van der Waals surface area (Å²) in [6.45, 7) is 1.65. The third kappa shape index (κ3) is 1.99. The first-order valence-electron chi connectivity index (χ1n) is 4.39. The molecule has 1 aliphatic rings. The molecule has 0 unspecified atom stereocenters. The standard InChI is InChI=1S/C9H15ClO2/c1-9(12,6-10)7-4-2-3-5-8(7)11/h7,12H,2-6H2,1H3/t7-,9-/m1/s1. The number of hydrogen-bond donors (Lipinski definition) is 1. The molecule has 0 radical (unpaired) electrons. The zero-order valence-electron chi connectivity index (χ0n) is 7.35. The Morgan fingerprint density at radius 1 is 1.67 bits per heavy atom. The van der Waals surface area contributed by atoms with Gasteiger partial charge in [0.1, 0.15) is 5.78 Å². The van der Waals surface area contributed by atoms with Crippen LogP contribution in [0.4, 0.5) is 0 Å². The minimum atomic E-state index is -1.00. The number of ketones is 1. The van der Waals surface area contributed by atoms with Crippen LogP contribution < -0.4 is 0 Å². The Kier molecular flexibility index (Phi) is 3.13. The van der Waals surface area contributed by atoms with Crippen molar-refractivity contribution in [3.8, 4) is 0 Å². The second-order valence-corrected chi connectivity index (χ2v) is 4.02. The molecule has 0 aromatic carbocycles. The van der Waals surface area contributed by atoms with Gasteiger partial charge < -0.3 is 5.11 Å². The minimum Gasteiger partial charge on any atom is -0.388 e. The molecule has 2 nitrogen and oxygen atoms in total. The average Bonchev–Trinajstić information content (AvgIpc) is 2.05. The van der Waals surface area contributed by atoms with E-state index >= 15 is 0 Å². The normalized spacial score (nSPS) is 29.9. The first-order chi connectivity index (χ1) is 5.58. The molecule has 0 aliphatic heterocycles. The topological polar surface area (TPSA) is 37.3 Å². The van der Waals surface area contributed by atoms with Gasteiger partial charge in [0.05, 0.1) is 11.5 Å². The number of carbonyl (C=O) groups is 1. The van der Waals surface area contributed by atoms with Crippen LogP contribution in [0.15, 0.2) is 0 Å². The highest BCUT2D eigenvalue weighted by atomic mass is 35.5. The SMILES string of the molecule is C[C@@](O)(CCl)[C@@H]1CCCCC1=O. The molecule has 1 N–H and O–H groups in total. The Balaban J connectivity index is 2.65. The fourth-order valence-electron chi connectivity index (χ4n) is 1.73. The van der Waals surface area contributed by atoms with Gasteiger partial charge >= 0.3 is 0 Å². The van der Waals surface area contributed by atoms with Gasteiger partial charge in [-0.2, -0.15) is 0 Å². The van der Waals surface area contributed by atoms with Gasteiger partial charge in [-0.1, -0.05) is 6.42 Å². The summed E-state index contributed by atoms with van der Waals surface area (Å²) >= 11 is 5.59. The summed E-state index contributed by atoms with van der Waals surface area (Å²) in [6.07, 6.45) is 3.40. The third-order valence-electron chi connectivity index (χ3n) is 2.58. The second kappa shape index (κ2) is 3.75. The quantitative estimate of drug-likeness (QED) is 0.674. The molecule has 0 amide bonds. The second-order valence-electron chi connectivity index (χ2n) is 3.76. The fourth-order valence-corrected chi connectivity index (χ4v) is 1.92. The predicted octanol–water partition coefficient (Wildman–Crippen LogP) is 1.74. The average molecular weight is 191 g/mol. The predicted molar refractivity (Wildman–Crippen MR) is 48.3 cm³/mol. The van der Waals surface area contributed by atoms with E-state index in [9.17, 15) is 9.90 Å². The molecule has 0 saturated heterocycles. The van der Waals surface area contributed by atoms with E-state index in [1.54, 1.807) is 6.92 Å². The van der Waals surface area contributed by atoms with Gasteiger partial charge in [0.15, 0.2) is 0 Å². The van der Waals surface area contributed by atoms with Crippen LogP contribution >= 0.6 is 11.6 Å². The van der Waals surface area contributed by atoms with Crippen LogP contribution in [-0.2, 0) is 4.79 Å². The lowest BCUT2D eigenvalue weighted by Crippen LogP contribution is -2.42. The van der Waals surface area contributed by atoms with Gasteiger partial charge in [0, 0.05) is 12.3 Å². The Morgan fingerprint density at radius 2 is 2.33 bits per heavy atom. The highest BCUT2D eigenvalue weighted by Gasteiger charge is 2.37. The van der Waals surface area contributed by atoms with Crippen LogP contribution in [0.25, 0.3) is 0 Å². The molecule has 1 aliphatic carbocycles. The number of Topliss-reactive ketones (excluding diaryl/α,β-unsaturated/α-hetero) is 1. The van der Waals surface area contributed by atoms with E-state index in [-0.39, 0.29) is 17.6 Å². The minimum absolute atomic E-state index is 0.142. The van der Waals surface area contributed by atoms with Crippen LogP contribution in [0.1, 0.15) is 32.6 Å². The molecule has 1 fully saturated rings. The van der Waals surface area contributed by atoms with Crippen LogP contribution in [0.3, 0.4) is 0 Å². The number of carbonyl (C=O) groups excluding carboxylic acids is 1. The molecule has 70 valence electrons. The third-order valence-corrected chi connectivity index (χ3v) is 3.12. The molecule has 0 bridgehead atoms. The molecule has 0 aromatic rings. The molecule has 12 heavy (non-hydrogen) atoms. The smallest absolute Gasteiger partial charge is 0.138 e. The lowest BCUT2D eigenvalue weighted by Gasteiger charge is -2.32. The molecule has 3 heteroatoms. The van der Waals surface area contributed by atoms with E-state index in [4.69, 9.17) is 11.6 Å². The maximum Gasteiger partial charge on any atom is 0.138 e. The van der Waals surface area contributed by atoms with Gasteiger partial charge in [-0.3, -0.25) is 4.79 Å². The zero-order chi connectivity index (χ0) is 9.19. The largest absolute Gasteiger partial charge is 0.388 e. The first kappa shape index (κ1) is 10.0. The highest BCUT2D eigenvalue weighted by molar-refractivity contribution is 6.18. The van der Waals surface area contributed by atoms with Crippen molar-refractivity contribution in [2.24, 2.45) is 5.92 Å². The Bertz CT molecular complexity index is 177. The summed E-state index contributed by atoms with van der Waals surface area (Å²) in [4.78, 5) is 11.4. The van der Waals surface area contributed by atoms with E-state index in [2.05, 4.69) is 0 Å². The molecule has 2 atom stereocenters. The first-order valence-corrected chi connectivity index (χ1v) is 4.92. The lowest BCUT2D eigenvalue weighted by atomic mass is 9.78. The number of alkyl halides is 1. The van der Waals surface area contributed by atoms with Crippen molar-refractivity contribution in [2.75, 3.05) is 5.88 Å². The maximum atomic E-state index is 11.4. The van der Waals surface area contributed by atoms with Gasteiger partial charge in [0.2, 0.25) is 0 Å². The fraction of sp³-hybridized carbons (Fsp3) is 0.889. The van der Waals surface area contributed by atoms with Crippen molar-refractivity contribution >= 4 is 17.4 Å². The molecule has 0 heterocycles. The van der Waals surface area contributed by atoms with Crippen LogP contribution in [0, 0.1) is 5.92 Å². The number of aliphatic hydroxyl groups is 1. The summed E-state index contributed by atoms with van der Waals surface area (Å²) in [7, 11) is 0. The van der Waals surface area contributed by atoms with Crippen molar-refractivity contribution in [3.05, 3.63) is 0 Å². The summed E-state index contributed by atoms with van der Waals surface area (Å²) < 4.78 is 0. The van der Waals surface area contributed by atoms with E-state index in [0.29, 0.717) is 6.42 Å². The summed E-state index contributed by atoms with van der Waals surface area (Å²) in [5, 5.41) is 9.77. The zero-order valence-corrected chi connectivity index (χ0v) is 8.10. The van der Waals surface area contributed by atoms with E-state index in [1.807, 2.05) is 0 Å². The monoisotopic (exact) mass is 190 g/mol. The molecule has 1 saturated carbocycles. The Morgan fingerprint density at radius 3 is 2.83 bits per heavy atom. The van der Waals surface area contributed by atoms with Crippen molar-refractivity contribution in [3.63, 3.8) is 0 Å². The maximum absolute atomic E-state index is 11.4. The van der Waals surface area contributed by atoms with Crippen molar-refractivity contribution in [2.45, 2.75) is 38.2 Å². The number of halogens is 1. The van der Waals surface area contributed by atoms with Gasteiger partial charge in [-0.25, -0.2) is 0 Å².